The van der Waals surface area contributed by atoms with Gasteiger partial charge in [0.15, 0.2) is 0 Å². The first-order valence-electron chi connectivity index (χ1n) is 10.2. The third-order valence-corrected chi connectivity index (χ3v) is 4.79. The molecule has 162 valence electrons. The van der Waals surface area contributed by atoms with Gasteiger partial charge in [0.1, 0.15) is 6.04 Å². The fraction of sp³-hybridized carbons (Fsp3) is 0.115. The summed E-state index contributed by atoms with van der Waals surface area (Å²) in [7, 11) is 0. The highest BCUT2D eigenvalue weighted by atomic mass is 16.2. The van der Waals surface area contributed by atoms with Gasteiger partial charge in [0.25, 0.3) is 5.91 Å². The summed E-state index contributed by atoms with van der Waals surface area (Å²) >= 11 is 0. The fourth-order valence-corrected chi connectivity index (χ4v) is 3.14. The van der Waals surface area contributed by atoms with Gasteiger partial charge in [-0.05, 0) is 35.4 Å². The van der Waals surface area contributed by atoms with Gasteiger partial charge in [-0.3, -0.25) is 14.4 Å². The van der Waals surface area contributed by atoms with Crippen molar-refractivity contribution in [2.24, 2.45) is 0 Å². The van der Waals surface area contributed by atoms with E-state index in [0.717, 1.165) is 17.2 Å². The Hall–Kier alpha value is -4.19. The predicted molar refractivity (Wildman–Crippen MR) is 125 cm³/mol. The number of anilines is 1. The van der Waals surface area contributed by atoms with Crippen LogP contribution in [0.5, 0.6) is 0 Å². The van der Waals surface area contributed by atoms with Gasteiger partial charge in [-0.25, -0.2) is 0 Å². The van der Waals surface area contributed by atoms with Gasteiger partial charge in [0.05, 0.1) is 0 Å². The van der Waals surface area contributed by atoms with Crippen LogP contribution in [0.4, 0.5) is 5.69 Å². The molecule has 0 heterocycles. The smallest absolute Gasteiger partial charge is 0.252 e. The second kappa shape index (κ2) is 11.3. The fourth-order valence-electron chi connectivity index (χ4n) is 3.14. The van der Waals surface area contributed by atoms with Gasteiger partial charge in [-0.15, -0.1) is 0 Å². The van der Waals surface area contributed by atoms with Crippen LogP contribution >= 0.6 is 0 Å². The van der Waals surface area contributed by atoms with Gasteiger partial charge >= 0.3 is 0 Å². The van der Waals surface area contributed by atoms with Crippen molar-refractivity contribution >= 4 is 23.4 Å². The minimum atomic E-state index is -0.764. The quantitative estimate of drug-likeness (QED) is 0.457. The number of rotatable bonds is 9. The van der Waals surface area contributed by atoms with E-state index in [2.05, 4.69) is 22.5 Å². The molecule has 0 saturated heterocycles. The maximum atomic E-state index is 12.9. The van der Waals surface area contributed by atoms with E-state index < -0.39 is 11.9 Å². The minimum absolute atomic E-state index is 0.276. The molecule has 0 saturated carbocycles. The SMILES string of the molecule is C=CC(=O)Nc1cccc(C(=O)NC(Cc2ccccc2)C(=O)NCc2ccccc2)c1. The first-order valence-corrected chi connectivity index (χ1v) is 10.2. The molecule has 3 rings (SSSR count). The molecule has 0 aliphatic heterocycles. The van der Waals surface area contributed by atoms with Gasteiger partial charge in [0.2, 0.25) is 11.8 Å². The lowest BCUT2D eigenvalue weighted by Crippen LogP contribution is -2.47. The number of benzene rings is 3. The maximum absolute atomic E-state index is 12.9. The van der Waals surface area contributed by atoms with Crippen molar-refractivity contribution in [2.75, 3.05) is 5.32 Å². The molecule has 3 aromatic carbocycles. The average Bonchev–Trinajstić information content (AvgIpc) is 2.83. The van der Waals surface area contributed by atoms with E-state index in [1.165, 1.54) is 0 Å². The van der Waals surface area contributed by atoms with Crippen LogP contribution in [0.3, 0.4) is 0 Å². The molecule has 32 heavy (non-hydrogen) atoms. The van der Waals surface area contributed by atoms with Crippen LogP contribution in [0, 0.1) is 0 Å². The second-order valence-electron chi connectivity index (χ2n) is 7.19. The van der Waals surface area contributed by atoms with E-state index in [-0.39, 0.29) is 11.8 Å². The van der Waals surface area contributed by atoms with Crippen LogP contribution in [0.25, 0.3) is 0 Å². The Morgan fingerprint density at radius 3 is 2.16 bits per heavy atom. The first kappa shape index (κ1) is 22.5. The molecule has 0 aromatic heterocycles. The van der Waals surface area contributed by atoms with Crippen molar-refractivity contribution in [3.63, 3.8) is 0 Å². The van der Waals surface area contributed by atoms with Crippen LogP contribution in [-0.4, -0.2) is 23.8 Å². The highest BCUT2D eigenvalue weighted by Gasteiger charge is 2.22. The van der Waals surface area contributed by atoms with Crippen LogP contribution in [-0.2, 0) is 22.6 Å². The molecular weight excluding hydrogens is 402 g/mol. The van der Waals surface area contributed by atoms with E-state index in [4.69, 9.17) is 0 Å². The Morgan fingerprint density at radius 2 is 1.50 bits per heavy atom. The normalized spacial score (nSPS) is 11.1. The van der Waals surface area contributed by atoms with Gasteiger partial charge in [0, 0.05) is 24.2 Å². The third kappa shape index (κ3) is 6.67. The van der Waals surface area contributed by atoms with Crippen LogP contribution in [0.15, 0.2) is 97.6 Å². The van der Waals surface area contributed by atoms with E-state index in [9.17, 15) is 14.4 Å². The van der Waals surface area contributed by atoms with Crippen molar-refractivity contribution in [3.05, 3.63) is 114 Å². The molecule has 3 amide bonds. The third-order valence-electron chi connectivity index (χ3n) is 4.79. The highest BCUT2D eigenvalue weighted by Crippen LogP contribution is 2.12. The number of hydrogen-bond donors (Lipinski definition) is 3. The van der Waals surface area contributed by atoms with Gasteiger partial charge < -0.3 is 16.0 Å². The summed E-state index contributed by atoms with van der Waals surface area (Å²) in [5, 5.41) is 8.35. The maximum Gasteiger partial charge on any atom is 0.252 e. The van der Waals surface area contributed by atoms with Crippen molar-refractivity contribution in [3.8, 4) is 0 Å². The minimum Gasteiger partial charge on any atom is -0.350 e. The Labute approximate surface area is 187 Å². The van der Waals surface area contributed by atoms with E-state index in [0.29, 0.717) is 24.2 Å². The first-order chi connectivity index (χ1) is 15.5. The summed E-state index contributed by atoms with van der Waals surface area (Å²) in [4.78, 5) is 37.4. The lowest BCUT2D eigenvalue weighted by atomic mass is 10.0. The largest absolute Gasteiger partial charge is 0.350 e. The molecule has 1 unspecified atom stereocenters. The Bertz CT molecular complexity index is 1080. The van der Waals surface area contributed by atoms with Crippen molar-refractivity contribution < 1.29 is 14.4 Å². The van der Waals surface area contributed by atoms with Crippen LogP contribution < -0.4 is 16.0 Å². The highest BCUT2D eigenvalue weighted by molar-refractivity contribution is 6.01. The Morgan fingerprint density at radius 1 is 0.844 bits per heavy atom. The molecule has 0 aliphatic carbocycles. The molecule has 0 bridgehead atoms. The van der Waals surface area contributed by atoms with Crippen molar-refractivity contribution in [2.45, 2.75) is 19.0 Å². The number of amides is 3. The molecule has 0 aliphatic rings. The number of nitrogens with one attached hydrogen (secondary N) is 3. The Balaban J connectivity index is 1.73. The van der Waals surface area contributed by atoms with E-state index >= 15 is 0 Å². The summed E-state index contributed by atoms with van der Waals surface area (Å²) in [5.41, 5.74) is 2.70. The summed E-state index contributed by atoms with van der Waals surface area (Å²) in [6, 6.07) is 24.8. The van der Waals surface area contributed by atoms with E-state index in [1.54, 1.807) is 24.3 Å². The molecule has 3 aromatic rings. The van der Waals surface area contributed by atoms with Gasteiger partial charge in [-0.2, -0.15) is 0 Å². The molecule has 0 fully saturated rings. The zero-order valence-corrected chi connectivity index (χ0v) is 17.6. The monoisotopic (exact) mass is 427 g/mol. The summed E-state index contributed by atoms with van der Waals surface area (Å²) in [6.45, 7) is 3.78. The number of hydrogen-bond acceptors (Lipinski definition) is 3. The summed E-state index contributed by atoms with van der Waals surface area (Å²) in [5.74, 6) is -1.05. The number of carbonyl (C=O) groups excluding carboxylic acids is 3. The molecule has 1 atom stereocenters. The van der Waals surface area contributed by atoms with Crippen molar-refractivity contribution in [1.29, 1.82) is 0 Å². The molecular formula is C26H25N3O3. The van der Waals surface area contributed by atoms with Gasteiger partial charge in [-0.1, -0.05) is 73.3 Å². The lowest BCUT2D eigenvalue weighted by Gasteiger charge is -2.19. The predicted octanol–water partition coefficient (Wildman–Crippen LogP) is 3.47. The summed E-state index contributed by atoms with van der Waals surface area (Å²) < 4.78 is 0. The van der Waals surface area contributed by atoms with E-state index in [1.807, 2.05) is 60.7 Å². The topological polar surface area (TPSA) is 87.3 Å². The Kier molecular flexibility index (Phi) is 7.92. The zero-order valence-electron chi connectivity index (χ0n) is 17.6. The van der Waals surface area contributed by atoms with Crippen LogP contribution in [0.1, 0.15) is 21.5 Å². The molecule has 6 nitrogen and oxygen atoms in total. The molecule has 0 spiro atoms. The van der Waals surface area contributed by atoms with Crippen LogP contribution in [0.2, 0.25) is 0 Å². The standard InChI is InChI=1S/C26H25N3O3/c1-2-24(30)28-22-15-9-14-21(17-22)25(31)29-23(16-19-10-5-3-6-11-19)26(32)27-18-20-12-7-4-8-13-20/h2-15,17,23H,1,16,18H2,(H,27,32)(H,28,30)(H,29,31). The average molecular weight is 428 g/mol. The lowest BCUT2D eigenvalue weighted by molar-refractivity contribution is -0.123. The second-order valence-corrected chi connectivity index (χ2v) is 7.19. The van der Waals surface area contributed by atoms with Crippen molar-refractivity contribution in [1.82, 2.24) is 10.6 Å². The zero-order chi connectivity index (χ0) is 22.8. The molecule has 3 N–H and O–H groups in total. The number of carbonyl (C=O) groups is 3. The molecule has 6 heteroatoms. The summed E-state index contributed by atoms with van der Waals surface area (Å²) in [6.07, 6.45) is 1.50. The molecule has 0 radical (unpaired) electrons.